The van der Waals surface area contributed by atoms with Gasteiger partial charge in [0.1, 0.15) is 14.7 Å². The van der Waals surface area contributed by atoms with Gasteiger partial charge in [-0.3, -0.25) is 0 Å². The summed E-state index contributed by atoms with van der Waals surface area (Å²) in [5.41, 5.74) is 0. The Morgan fingerprint density at radius 1 is 0.480 bits per heavy atom. The predicted octanol–water partition coefficient (Wildman–Crippen LogP) is 9.95. The van der Waals surface area contributed by atoms with Crippen molar-refractivity contribution in [2.75, 3.05) is 0 Å². The van der Waals surface area contributed by atoms with Crippen LogP contribution in [0, 0.1) is 0 Å². The highest BCUT2D eigenvalue weighted by molar-refractivity contribution is 8.47. The van der Waals surface area contributed by atoms with E-state index in [1.165, 1.54) is 0 Å². The molecule has 0 fully saturated rings. The second-order valence-electron chi connectivity index (χ2n) is 4.68. The second kappa shape index (κ2) is 3.50. The van der Waals surface area contributed by atoms with Gasteiger partial charge in [-0.25, -0.2) is 0 Å². The topological polar surface area (TPSA) is 0 Å². The Hall–Kier alpha value is -0.430. The zero-order valence-corrected chi connectivity index (χ0v) is 13.8. The zero-order chi connectivity index (χ0) is 20.9. The van der Waals surface area contributed by atoms with Crippen LogP contribution in [-0.2, 0) is 0 Å². The average molecular weight is 488 g/mol. The molecule has 0 bridgehead atoms. The van der Waals surface area contributed by atoms with E-state index >= 15 is 0 Å². The summed E-state index contributed by atoms with van der Waals surface area (Å²) in [7, 11) is -34.6. The standard InChI is InChI=1S/C6H3F15S4/c7-23(8,9,10,11)3-1-4(24(12,13,14,15)16)6(22)5(2-3)25(17,18,19,20)21/h1-2,22H. The van der Waals surface area contributed by atoms with Crippen molar-refractivity contribution in [3.8, 4) is 0 Å². The van der Waals surface area contributed by atoms with Crippen LogP contribution in [0.2, 0.25) is 0 Å². The van der Waals surface area contributed by atoms with Gasteiger partial charge in [0.2, 0.25) is 0 Å². The van der Waals surface area contributed by atoms with Crippen molar-refractivity contribution in [3.63, 3.8) is 0 Å². The molecular formula is C6H3F15S4. The molecule has 0 aliphatic heterocycles. The van der Waals surface area contributed by atoms with Crippen LogP contribution in [0.3, 0.4) is 0 Å². The number of benzene rings is 1. The number of hydrogen-bond acceptors (Lipinski definition) is 1. The minimum absolute atomic E-state index is 2.07. The number of rotatable bonds is 3. The molecule has 19 heteroatoms. The van der Waals surface area contributed by atoms with Crippen molar-refractivity contribution < 1.29 is 58.3 Å². The van der Waals surface area contributed by atoms with Crippen LogP contribution in [-0.4, -0.2) is 0 Å². The molecule has 25 heavy (non-hydrogen) atoms. The first-order valence-corrected chi connectivity index (χ1v) is 11.1. The number of hydrogen-bond donors (Lipinski definition) is 1. The molecule has 0 aliphatic carbocycles. The van der Waals surface area contributed by atoms with E-state index in [4.69, 9.17) is 0 Å². The first-order valence-electron chi connectivity index (χ1n) is 4.81. The third-order valence-electron chi connectivity index (χ3n) is 2.29. The molecule has 0 unspecified atom stereocenters. The Morgan fingerprint density at radius 2 is 0.720 bits per heavy atom. The van der Waals surface area contributed by atoms with E-state index in [0.29, 0.717) is 0 Å². The third kappa shape index (κ3) is 5.28. The summed E-state index contributed by atoms with van der Waals surface area (Å²) >= 11 is 2.17. The van der Waals surface area contributed by atoms with Crippen LogP contribution >= 0.6 is 43.3 Å². The maximum Gasteiger partial charge on any atom is 0.311 e. The molecule has 0 aliphatic rings. The van der Waals surface area contributed by atoms with Gasteiger partial charge in [0.05, 0.1) is 0 Å². The quantitative estimate of drug-likeness (QED) is 0.318. The van der Waals surface area contributed by atoms with E-state index in [2.05, 4.69) is 12.6 Å². The highest BCUT2D eigenvalue weighted by atomic mass is 32.5. The van der Waals surface area contributed by atoms with Gasteiger partial charge in [-0.05, 0) is 12.1 Å². The van der Waals surface area contributed by atoms with E-state index < -0.39 is 62.4 Å². The van der Waals surface area contributed by atoms with Crippen molar-refractivity contribution in [2.45, 2.75) is 19.6 Å². The molecule has 0 saturated heterocycles. The Morgan fingerprint density at radius 3 is 0.880 bits per heavy atom. The van der Waals surface area contributed by atoms with Crippen LogP contribution in [0.4, 0.5) is 58.3 Å². The van der Waals surface area contributed by atoms with Gasteiger partial charge < -0.3 is 0 Å². The zero-order valence-electron chi connectivity index (χ0n) is 10.5. The van der Waals surface area contributed by atoms with Crippen molar-refractivity contribution in [1.29, 1.82) is 0 Å². The van der Waals surface area contributed by atoms with Crippen molar-refractivity contribution >= 4 is 43.3 Å². The summed E-state index contributed by atoms with van der Waals surface area (Å²) < 4.78 is 188. The van der Waals surface area contributed by atoms with Crippen LogP contribution < -0.4 is 0 Å². The Bertz CT molecular complexity index is 727. The van der Waals surface area contributed by atoms with Gasteiger partial charge in [0.25, 0.3) is 0 Å². The second-order valence-corrected chi connectivity index (χ2v) is 12.3. The largest absolute Gasteiger partial charge is 0.311 e. The minimum atomic E-state index is -11.6. The summed E-state index contributed by atoms with van der Waals surface area (Å²) in [4.78, 5) is -16.1. The maximum absolute atomic E-state index is 12.6. The van der Waals surface area contributed by atoms with Gasteiger partial charge in [-0.15, -0.1) is 12.6 Å². The number of thiol groups is 1. The van der Waals surface area contributed by atoms with Gasteiger partial charge in [-0.1, -0.05) is 58.3 Å². The highest BCUT2D eigenvalue weighted by Crippen LogP contribution is 3.08. The fourth-order valence-corrected chi connectivity index (χ4v) is 5.08. The van der Waals surface area contributed by atoms with E-state index in [1.807, 2.05) is 0 Å². The van der Waals surface area contributed by atoms with Gasteiger partial charge in [0, 0.05) is 4.90 Å². The average Bonchev–Trinajstić information content (AvgIpc) is 2.03. The maximum atomic E-state index is 12.6. The van der Waals surface area contributed by atoms with E-state index in [-0.39, 0.29) is 0 Å². The molecule has 0 N–H and O–H groups in total. The summed E-state index contributed by atoms with van der Waals surface area (Å²) in [6.07, 6.45) is 0. The molecule has 0 radical (unpaired) electrons. The monoisotopic (exact) mass is 488 g/mol. The fourth-order valence-electron chi connectivity index (χ4n) is 1.37. The minimum Gasteiger partial charge on any atom is -0.140 e. The lowest BCUT2D eigenvalue weighted by atomic mass is 10.3. The molecule has 156 valence electrons. The van der Waals surface area contributed by atoms with Gasteiger partial charge >= 0.3 is 30.7 Å². The number of halogens is 15. The molecule has 1 aromatic rings. The molecule has 0 saturated carbocycles. The molecule has 0 heterocycles. The van der Waals surface area contributed by atoms with Gasteiger partial charge in [-0.2, -0.15) is 0 Å². The normalized spacial score (nSPS) is 22.7. The molecule has 0 nitrogen and oxygen atoms in total. The lowest BCUT2D eigenvalue weighted by Crippen LogP contribution is -2.16. The summed E-state index contributed by atoms with van der Waals surface area (Å²) in [5, 5.41) is 0. The van der Waals surface area contributed by atoms with Crippen LogP contribution in [0.15, 0.2) is 31.7 Å². The Labute approximate surface area is 133 Å². The lowest BCUT2D eigenvalue weighted by molar-refractivity contribution is 0.349. The van der Waals surface area contributed by atoms with E-state index in [1.54, 1.807) is 0 Å². The third-order valence-corrected chi connectivity index (χ3v) is 6.51. The molecular weight excluding hydrogens is 485 g/mol. The SMILES string of the molecule is FS(F)(F)(F)(F)c1cc(S(F)(F)(F)(F)F)c(S)c(S(F)(F)(F)(F)F)c1. The van der Waals surface area contributed by atoms with Crippen LogP contribution in [0.25, 0.3) is 0 Å². The van der Waals surface area contributed by atoms with Crippen LogP contribution in [0.1, 0.15) is 0 Å². The molecule has 1 rings (SSSR count). The van der Waals surface area contributed by atoms with Crippen LogP contribution in [0.5, 0.6) is 0 Å². The van der Waals surface area contributed by atoms with Gasteiger partial charge in [0.15, 0.2) is 0 Å². The highest BCUT2D eigenvalue weighted by Gasteiger charge is 2.74. The lowest BCUT2D eigenvalue weighted by Gasteiger charge is -2.47. The molecule has 0 aromatic heterocycles. The van der Waals surface area contributed by atoms with Crippen molar-refractivity contribution in [3.05, 3.63) is 12.1 Å². The summed E-state index contributed by atoms with van der Waals surface area (Å²) in [6.45, 7) is 0. The molecule has 0 atom stereocenters. The summed E-state index contributed by atoms with van der Waals surface area (Å²) in [6, 6.07) is -4.14. The Balaban J connectivity index is 4.36. The first-order chi connectivity index (χ1) is 9.71. The summed E-state index contributed by atoms with van der Waals surface area (Å²) in [5.74, 6) is 0. The van der Waals surface area contributed by atoms with Crippen molar-refractivity contribution in [1.82, 2.24) is 0 Å². The smallest absolute Gasteiger partial charge is 0.140 e. The van der Waals surface area contributed by atoms with E-state index in [9.17, 15) is 58.3 Å². The fraction of sp³-hybridized carbons (Fsp3) is 0. The first kappa shape index (κ1) is 22.6. The molecule has 0 spiro atoms. The molecule has 1 aromatic carbocycles. The van der Waals surface area contributed by atoms with E-state index in [0.717, 1.165) is 0 Å². The van der Waals surface area contributed by atoms with Crippen molar-refractivity contribution in [2.24, 2.45) is 0 Å². The molecule has 0 amide bonds. The predicted molar refractivity (Wildman–Crippen MR) is 67.9 cm³/mol. The Kier molecular flexibility index (Phi) is 3.17.